The van der Waals surface area contributed by atoms with Gasteiger partial charge in [0.05, 0.1) is 23.1 Å². The fourth-order valence-corrected chi connectivity index (χ4v) is 2.55. The Morgan fingerprint density at radius 2 is 1.88 bits per heavy atom. The maximum atomic E-state index is 12.0. The molecule has 0 atom stereocenters. The smallest absolute Gasteiger partial charge is 0.272 e. The topological polar surface area (TPSA) is 76.0 Å². The molecule has 0 aliphatic heterocycles. The molecule has 0 aliphatic rings. The van der Waals surface area contributed by atoms with E-state index >= 15 is 0 Å². The number of hydrogen-bond acceptors (Lipinski definition) is 4. The lowest BCUT2D eigenvalue weighted by Crippen LogP contribution is -2.42. The van der Waals surface area contributed by atoms with Crippen LogP contribution in [0.5, 0.6) is 0 Å². The number of aromatic nitrogens is 2. The summed E-state index contributed by atoms with van der Waals surface area (Å²) in [5, 5.41) is 4.79. The van der Waals surface area contributed by atoms with Gasteiger partial charge in [-0.25, -0.2) is 0 Å². The minimum atomic E-state index is -0.407. The largest absolute Gasteiger partial charge is 0.272 e. The fraction of sp³-hybridized carbons (Fsp3) is 0.312. The zero-order valence-corrected chi connectivity index (χ0v) is 15.2. The third-order valence-corrected chi connectivity index (χ3v) is 4.30. The Hall–Kier alpha value is -1.99. The van der Waals surface area contributed by atoms with Crippen molar-refractivity contribution in [2.45, 2.75) is 31.2 Å². The molecule has 0 radical (unpaired) electrons. The van der Waals surface area contributed by atoms with Crippen LogP contribution in [0, 0.1) is 0 Å². The maximum Gasteiger partial charge on any atom is 0.272 e. The van der Waals surface area contributed by atoms with Crippen LogP contribution in [0.4, 0.5) is 0 Å². The highest BCUT2D eigenvalue weighted by Gasteiger charge is 2.17. The summed E-state index contributed by atoms with van der Waals surface area (Å²) in [7, 11) is 0. The van der Waals surface area contributed by atoms with Crippen LogP contribution in [0.3, 0.4) is 0 Å². The molecule has 2 amide bonds. The molecular weight excluding hydrogens is 348 g/mol. The van der Waals surface area contributed by atoms with Crippen molar-refractivity contribution in [3.05, 3.63) is 47.2 Å². The maximum absolute atomic E-state index is 12.0. The number of nitrogens with one attached hydrogen (secondary N) is 2. The van der Waals surface area contributed by atoms with E-state index in [-0.39, 0.29) is 17.2 Å². The Labute approximate surface area is 149 Å². The van der Waals surface area contributed by atoms with Crippen molar-refractivity contribution in [3.63, 3.8) is 0 Å². The van der Waals surface area contributed by atoms with Gasteiger partial charge in [0.1, 0.15) is 0 Å². The van der Waals surface area contributed by atoms with Crippen molar-refractivity contribution >= 4 is 35.2 Å². The van der Waals surface area contributed by atoms with Crippen LogP contribution in [0.2, 0.25) is 5.02 Å². The van der Waals surface area contributed by atoms with Gasteiger partial charge in [-0.2, -0.15) is 5.10 Å². The monoisotopic (exact) mass is 366 g/mol. The second-order valence-corrected chi connectivity index (χ2v) is 7.57. The molecule has 1 heterocycles. The number of benzene rings is 1. The van der Waals surface area contributed by atoms with Crippen molar-refractivity contribution in [1.29, 1.82) is 0 Å². The van der Waals surface area contributed by atoms with Crippen LogP contribution in [-0.2, 0) is 10.3 Å². The van der Waals surface area contributed by atoms with Gasteiger partial charge < -0.3 is 0 Å². The molecule has 0 spiro atoms. The summed E-state index contributed by atoms with van der Waals surface area (Å²) in [6.07, 6.45) is 3.11. The number of nitrogens with zero attached hydrogens (tertiary/aromatic N) is 2. The molecule has 24 heavy (non-hydrogen) atoms. The standard InChI is InChI=1S/C16H19ClN4O2S/c1-16(2,3)21-9-11(8-18-21)15(23)20-19-14(22)10-24-13-6-4-12(17)5-7-13/h4-9H,10H2,1-3H3,(H,19,22)(H,20,23). The van der Waals surface area contributed by atoms with Gasteiger partial charge in [-0.1, -0.05) is 11.6 Å². The van der Waals surface area contributed by atoms with E-state index in [4.69, 9.17) is 11.6 Å². The van der Waals surface area contributed by atoms with Gasteiger partial charge in [0.25, 0.3) is 5.91 Å². The number of rotatable bonds is 4. The van der Waals surface area contributed by atoms with Gasteiger partial charge >= 0.3 is 0 Å². The predicted octanol–water partition coefficient (Wildman–Crippen LogP) is 2.84. The zero-order valence-electron chi connectivity index (χ0n) is 13.7. The average Bonchev–Trinajstić information content (AvgIpc) is 3.02. The Morgan fingerprint density at radius 3 is 2.46 bits per heavy atom. The first-order valence-electron chi connectivity index (χ1n) is 7.28. The number of hydrazine groups is 1. The van der Waals surface area contributed by atoms with E-state index < -0.39 is 5.91 Å². The third-order valence-electron chi connectivity index (χ3n) is 3.03. The Balaban J connectivity index is 1.79. The predicted molar refractivity (Wildman–Crippen MR) is 95.0 cm³/mol. The molecule has 6 nitrogen and oxygen atoms in total. The Morgan fingerprint density at radius 1 is 1.21 bits per heavy atom. The number of thioether (sulfide) groups is 1. The van der Waals surface area contributed by atoms with Crippen LogP contribution in [0.15, 0.2) is 41.6 Å². The van der Waals surface area contributed by atoms with E-state index in [0.717, 1.165) is 4.90 Å². The van der Waals surface area contributed by atoms with Crippen LogP contribution in [0.25, 0.3) is 0 Å². The van der Waals surface area contributed by atoms with Gasteiger partial charge in [-0.15, -0.1) is 11.8 Å². The van der Waals surface area contributed by atoms with Crippen molar-refractivity contribution in [2.75, 3.05) is 5.75 Å². The molecule has 1 aromatic heterocycles. The normalized spacial score (nSPS) is 11.2. The van der Waals surface area contributed by atoms with Crippen molar-refractivity contribution in [3.8, 4) is 0 Å². The zero-order chi connectivity index (χ0) is 17.7. The van der Waals surface area contributed by atoms with Crippen molar-refractivity contribution < 1.29 is 9.59 Å². The SMILES string of the molecule is CC(C)(C)n1cc(C(=O)NNC(=O)CSc2ccc(Cl)cc2)cn1. The quantitative estimate of drug-likeness (QED) is 0.644. The third kappa shape index (κ3) is 5.28. The highest BCUT2D eigenvalue weighted by molar-refractivity contribution is 8.00. The average molecular weight is 367 g/mol. The molecule has 128 valence electrons. The number of hydrogen-bond donors (Lipinski definition) is 2. The lowest BCUT2D eigenvalue weighted by Gasteiger charge is -2.18. The summed E-state index contributed by atoms with van der Waals surface area (Å²) >= 11 is 7.16. The molecule has 2 N–H and O–H groups in total. The highest BCUT2D eigenvalue weighted by atomic mass is 35.5. The van der Waals surface area contributed by atoms with Crippen LogP contribution in [-0.4, -0.2) is 27.3 Å². The summed E-state index contributed by atoms with van der Waals surface area (Å²) in [6.45, 7) is 5.95. The molecule has 0 fully saturated rings. The Kier molecular flexibility index (Phi) is 5.90. The van der Waals surface area contributed by atoms with E-state index in [9.17, 15) is 9.59 Å². The number of carbonyl (C=O) groups excluding carboxylic acids is 2. The van der Waals surface area contributed by atoms with Gasteiger partial charge in [0.2, 0.25) is 5.91 Å². The van der Waals surface area contributed by atoms with E-state index in [1.807, 2.05) is 32.9 Å². The van der Waals surface area contributed by atoms with Gasteiger partial charge in [0.15, 0.2) is 0 Å². The van der Waals surface area contributed by atoms with E-state index in [1.165, 1.54) is 18.0 Å². The fourth-order valence-electron chi connectivity index (χ4n) is 1.72. The lowest BCUT2D eigenvalue weighted by molar-refractivity contribution is -0.119. The number of carbonyl (C=O) groups is 2. The second-order valence-electron chi connectivity index (χ2n) is 6.09. The highest BCUT2D eigenvalue weighted by Crippen LogP contribution is 2.19. The first-order chi connectivity index (χ1) is 11.3. The van der Waals surface area contributed by atoms with Crippen molar-refractivity contribution in [1.82, 2.24) is 20.6 Å². The van der Waals surface area contributed by atoms with E-state index in [1.54, 1.807) is 23.0 Å². The molecule has 0 bridgehead atoms. The molecule has 0 aliphatic carbocycles. The molecule has 0 saturated heterocycles. The molecule has 2 aromatic rings. The lowest BCUT2D eigenvalue weighted by atomic mass is 10.1. The molecule has 0 saturated carbocycles. The molecule has 0 unspecified atom stereocenters. The van der Waals surface area contributed by atoms with E-state index in [0.29, 0.717) is 10.6 Å². The summed E-state index contributed by atoms with van der Waals surface area (Å²) in [4.78, 5) is 24.7. The van der Waals surface area contributed by atoms with Crippen LogP contribution >= 0.6 is 23.4 Å². The van der Waals surface area contributed by atoms with E-state index in [2.05, 4.69) is 16.0 Å². The van der Waals surface area contributed by atoms with Gasteiger partial charge in [-0.05, 0) is 45.0 Å². The van der Waals surface area contributed by atoms with Crippen molar-refractivity contribution in [2.24, 2.45) is 0 Å². The second kappa shape index (κ2) is 7.72. The molecular formula is C16H19ClN4O2S. The number of amides is 2. The number of halogens is 1. The Bertz CT molecular complexity index is 722. The molecule has 2 rings (SSSR count). The van der Waals surface area contributed by atoms with Gasteiger partial charge in [-0.3, -0.25) is 25.1 Å². The minimum absolute atomic E-state index is 0.184. The first kappa shape index (κ1) is 18.4. The minimum Gasteiger partial charge on any atom is -0.272 e. The molecule has 8 heteroatoms. The summed E-state index contributed by atoms with van der Waals surface area (Å²) < 4.78 is 1.69. The summed E-state index contributed by atoms with van der Waals surface area (Å²) in [5.74, 6) is -0.523. The van der Waals surface area contributed by atoms with Crippen LogP contribution < -0.4 is 10.9 Å². The molecule has 1 aromatic carbocycles. The van der Waals surface area contributed by atoms with Gasteiger partial charge in [0, 0.05) is 16.1 Å². The summed E-state index contributed by atoms with van der Waals surface area (Å²) in [5.41, 5.74) is 4.94. The van der Waals surface area contributed by atoms with Crippen LogP contribution in [0.1, 0.15) is 31.1 Å². The first-order valence-corrected chi connectivity index (χ1v) is 8.65. The summed E-state index contributed by atoms with van der Waals surface area (Å²) in [6, 6.07) is 7.19.